The van der Waals surface area contributed by atoms with Crippen molar-refractivity contribution in [2.75, 3.05) is 20.2 Å². The second-order valence-corrected chi connectivity index (χ2v) is 2.59. The summed E-state index contributed by atoms with van der Waals surface area (Å²) in [5.74, 6) is 0. The normalized spacial score (nSPS) is 16.8. The average molecular weight is 146 g/mol. The van der Waals surface area contributed by atoms with Gasteiger partial charge in [-0.15, -0.1) is 0 Å². The minimum atomic E-state index is 0.272. The summed E-state index contributed by atoms with van der Waals surface area (Å²) in [6.07, 6.45) is 0.272. The lowest BCUT2D eigenvalue weighted by Gasteiger charge is -2.14. The zero-order chi connectivity index (χ0) is 7.98. The van der Waals surface area contributed by atoms with Gasteiger partial charge in [0.1, 0.15) is 0 Å². The van der Waals surface area contributed by atoms with E-state index in [1.165, 1.54) is 0 Å². The maximum absolute atomic E-state index is 5.40. The molecule has 0 aromatic rings. The zero-order valence-electron chi connectivity index (χ0n) is 7.05. The molecule has 0 bridgehead atoms. The van der Waals surface area contributed by atoms with Gasteiger partial charge in [0.05, 0.1) is 6.10 Å². The van der Waals surface area contributed by atoms with Crippen LogP contribution in [-0.4, -0.2) is 32.3 Å². The summed E-state index contributed by atoms with van der Waals surface area (Å²) >= 11 is 0. The van der Waals surface area contributed by atoms with Gasteiger partial charge >= 0.3 is 0 Å². The molecule has 0 aromatic heterocycles. The van der Waals surface area contributed by atoms with E-state index in [-0.39, 0.29) is 6.10 Å². The lowest BCUT2D eigenvalue weighted by Crippen LogP contribution is -2.37. The number of nitrogens with two attached hydrogens (primary N) is 1. The first-order chi connectivity index (χ1) is 4.70. The molecule has 0 aromatic carbocycles. The van der Waals surface area contributed by atoms with Crippen molar-refractivity contribution < 1.29 is 4.74 Å². The largest absolute Gasteiger partial charge is 0.380 e. The molecule has 10 heavy (non-hydrogen) atoms. The molecule has 1 unspecified atom stereocenters. The predicted octanol–water partition coefficient (Wildman–Crippen LogP) is -0.0419. The van der Waals surface area contributed by atoms with Gasteiger partial charge in [-0.3, -0.25) is 0 Å². The zero-order valence-corrected chi connectivity index (χ0v) is 7.05. The molecule has 0 rings (SSSR count). The predicted molar refractivity (Wildman–Crippen MR) is 43.0 cm³/mol. The van der Waals surface area contributed by atoms with Gasteiger partial charge in [0.2, 0.25) is 0 Å². The minimum absolute atomic E-state index is 0.272. The highest BCUT2D eigenvalue weighted by Gasteiger charge is 2.01. The monoisotopic (exact) mass is 146 g/mol. The molecule has 0 amide bonds. The van der Waals surface area contributed by atoms with Crippen LogP contribution in [0.4, 0.5) is 0 Å². The van der Waals surface area contributed by atoms with Crippen LogP contribution in [0.25, 0.3) is 0 Å². The Kier molecular flexibility index (Phi) is 5.58. The number of nitrogens with one attached hydrogen (secondary N) is 1. The summed E-state index contributed by atoms with van der Waals surface area (Å²) in [6, 6.07) is 0.387. The van der Waals surface area contributed by atoms with Gasteiger partial charge in [-0.2, -0.15) is 0 Å². The van der Waals surface area contributed by atoms with Crippen LogP contribution in [0.3, 0.4) is 0 Å². The van der Waals surface area contributed by atoms with Crippen LogP contribution in [0.1, 0.15) is 13.8 Å². The van der Waals surface area contributed by atoms with Gasteiger partial charge in [-0.25, -0.2) is 0 Å². The van der Waals surface area contributed by atoms with E-state index in [0.29, 0.717) is 12.6 Å². The third kappa shape index (κ3) is 4.73. The van der Waals surface area contributed by atoms with Crippen LogP contribution < -0.4 is 11.1 Å². The highest BCUT2D eigenvalue weighted by atomic mass is 16.5. The standard InChI is InChI=1S/C7H18N2O/c1-6(4-8)9-5-7(2)10-3/h6-7,9H,4-5,8H2,1-3H3/t6-,7?/m0/s1. The maximum atomic E-state index is 5.40. The van der Waals surface area contributed by atoms with Gasteiger partial charge in [-0.1, -0.05) is 0 Å². The van der Waals surface area contributed by atoms with Crippen LogP contribution >= 0.6 is 0 Å². The second-order valence-electron chi connectivity index (χ2n) is 2.59. The molecule has 0 aliphatic heterocycles. The van der Waals surface area contributed by atoms with E-state index in [0.717, 1.165) is 6.54 Å². The Morgan fingerprint density at radius 1 is 1.50 bits per heavy atom. The molecule has 0 heterocycles. The van der Waals surface area contributed by atoms with Crippen LogP contribution in [0.5, 0.6) is 0 Å². The minimum Gasteiger partial charge on any atom is -0.380 e. The van der Waals surface area contributed by atoms with Crippen LogP contribution in [-0.2, 0) is 4.74 Å². The maximum Gasteiger partial charge on any atom is 0.0667 e. The Labute approximate surface area is 62.9 Å². The Hall–Kier alpha value is -0.120. The number of methoxy groups -OCH3 is 1. The fraction of sp³-hybridized carbons (Fsp3) is 1.00. The molecule has 2 atom stereocenters. The van der Waals surface area contributed by atoms with Gasteiger partial charge in [-0.05, 0) is 13.8 Å². The fourth-order valence-electron chi connectivity index (χ4n) is 0.534. The summed E-state index contributed by atoms with van der Waals surface area (Å²) in [6.45, 7) is 5.63. The summed E-state index contributed by atoms with van der Waals surface area (Å²) in [5, 5.41) is 3.23. The summed E-state index contributed by atoms with van der Waals surface area (Å²) in [7, 11) is 1.71. The first kappa shape index (κ1) is 9.88. The molecule has 0 saturated carbocycles. The van der Waals surface area contributed by atoms with E-state index < -0.39 is 0 Å². The Bertz CT molecular complexity index is 68.0. The molecule has 0 fully saturated rings. The quantitative estimate of drug-likeness (QED) is 0.572. The molecular formula is C7H18N2O. The first-order valence-electron chi connectivity index (χ1n) is 3.67. The van der Waals surface area contributed by atoms with Crippen molar-refractivity contribution in [3.05, 3.63) is 0 Å². The van der Waals surface area contributed by atoms with Crippen LogP contribution in [0.2, 0.25) is 0 Å². The van der Waals surface area contributed by atoms with E-state index in [4.69, 9.17) is 10.5 Å². The molecular weight excluding hydrogens is 128 g/mol. The molecule has 3 nitrogen and oxygen atoms in total. The SMILES string of the molecule is COC(C)CN[C@@H](C)CN. The van der Waals surface area contributed by atoms with E-state index >= 15 is 0 Å². The highest BCUT2D eigenvalue weighted by molar-refractivity contribution is 4.62. The summed E-state index contributed by atoms with van der Waals surface area (Å²) in [5.41, 5.74) is 5.40. The van der Waals surface area contributed by atoms with Crippen molar-refractivity contribution in [1.29, 1.82) is 0 Å². The topological polar surface area (TPSA) is 47.3 Å². The number of ether oxygens (including phenoxy) is 1. The number of hydrogen-bond acceptors (Lipinski definition) is 3. The van der Waals surface area contributed by atoms with Crippen molar-refractivity contribution in [3.63, 3.8) is 0 Å². The van der Waals surface area contributed by atoms with Crippen LogP contribution in [0, 0.1) is 0 Å². The molecule has 0 spiro atoms. The lowest BCUT2D eigenvalue weighted by atomic mass is 10.3. The second kappa shape index (κ2) is 5.65. The van der Waals surface area contributed by atoms with Gasteiger partial charge < -0.3 is 15.8 Å². The summed E-state index contributed by atoms with van der Waals surface area (Å²) < 4.78 is 5.04. The molecule has 0 aliphatic carbocycles. The molecule has 0 saturated heterocycles. The van der Waals surface area contributed by atoms with E-state index in [2.05, 4.69) is 12.2 Å². The van der Waals surface area contributed by atoms with E-state index in [1.807, 2.05) is 6.92 Å². The van der Waals surface area contributed by atoms with Crippen molar-refractivity contribution in [1.82, 2.24) is 5.32 Å². The highest BCUT2D eigenvalue weighted by Crippen LogP contribution is 1.85. The molecule has 0 aliphatic rings. The van der Waals surface area contributed by atoms with Gasteiger partial charge in [0.15, 0.2) is 0 Å². The number of rotatable bonds is 5. The van der Waals surface area contributed by atoms with Gasteiger partial charge in [0, 0.05) is 26.2 Å². The summed E-state index contributed by atoms with van der Waals surface area (Å²) in [4.78, 5) is 0. The van der Waals surface area contributed by atoms with Crippen LogP contribution in [0.15, 0.2) is 0 Å². The van der Waals surface area contributed by atoms with Crippen molar-refractivity contribution in [2.24, 2.45) is 5.73 Å². The van der Waals surface area contributed by atoms with E-state index in [1.54, 1.807) is 7.11 Å². The Morgan fingerprint density at radius 3 is 2.50 bits per heavy atom. The Balaban J connectivity index is 3.17. The van der Waals surface area contributed by atoms with Crippen molar-refractivity contribution in [3.8, 4) is 0 Å². The molecule has 3 heteroatoms. The molecule has 3 N–H and O–H groups in total. The molecule has 0 radical (unpaired) electrons. The third-order valence-electron chi connectivity index (χ3n) is 1.51. The molecule has 62 valence electrons. The first-order valence-corrected chi connectivity index (χ1v) is 3.67. The lowest BCUT2D eigenvalue weighted by molar-refractivity contribution is 0.115. The average Bonchev–Trinajstić information content (AvgIpc) is 1.99. The van der Waals surface area contributed by atoms with Gasteiger partial charge in [0.25, 0.3) is 0 Å². The van der Waals surface area contributed by atoms with Crippen molar-refractivity contribution in [2.45, 2.75) is 26.0 Å². The Morgan fingerprint density at radius 2 is 2.10 bits per heavy atom. The number of hydrogen-bond donors (Lipinski definition) is 2. The fourth-order valence-corrected chi connectivity index (χ4v) is 0.534. The smallest absolute Gasteiger partial charge is 0.0667 e. The van der Waals surface area contributed by atoms with Crippen molar-refractivity contribution >= 4 is 0 Å². The third-order valence-corrected chi connectivity index (χ3v) is 1.51. The van der Waals surface area contributed by atoms with E-state index in [9.17, 15) is 0 Å².